The average molecular weight is 363 g/mol. The maximum absolute atomic E-state index is 13.3. The summed E-state index contributed by atoms with van der Waals surface area (Å²) >= 11 is 0. The molecule has 1 N–H and O–H groups in total. The third-order valence-electron chi connectivity index (χ3n) is 5.60. The highest BCUT2D eigenvalue weighted by Gasteiger charge is 2.19. The average Bonchev–Trinajstić information content (AvgIpc) is 3.33. The van der Waals surface area contributed by atoms with E-state index in [1.54, 1.807) is 6.26 Å². The maximum Gasteiger partial charge on any atom is 0.137 e. The molecule has 0 spiro atoms. The maximum atomic E-state index is 13.3. The fourth-order valence-electron chi connectivity index (χ4n) is 4.09. The lowest BCUT2D eigenvalue weighted by Crippen LogP contribution is -2.47. The summed E-state index contributed by atoms with van der Waals surface area (Å²) in [6, 6.07) is 13.4. The van der Waals surface area contributed by atoms with Gasteiger partial charge in [-0.3, -0.25) is 4.90 Å². The number of aromatic nitrogens is 1. The molecule has 1 aliphatic heterocycles. The minimum absolute atomic E-state index is 0.253. The highest BCUT2D eigenvalue weighted by molar-refractivity contribution is 5.92. The molecule has 2 aromatic carbocycles. The number of hydrogen-bond donors (Lipinski definition) is 1. The van der Waals surface area contributed by atoms with Gasteiger partial charge in [0, 0.05) is 67.0 Å². The molecule has 1 fully saturated rings. The van der Waals surface area contributed by atoms with Gasteiger partial charge in [0.05, 0.1) is 6.26 Å². The molecule has 1 saturated heterocycles. The Balaban J connectivity index is 1.22. The zero-order valence-electron chi connectivity index (χ0n) is 15.1. The number of furan rings is 1. The van der Waals surface area contributed by atoms with E-state index in [-0.39, 0.29) is 5.82 Å². The first kappa shape index (κ1) is 16.4. The number of benzene rings is 2. The number of aromatic amines is 1. The van der Waals surface area contributed by atoms with Crippen molar-refractivity contribution in [3.05, 3.63) is 66.3 Å². The summed E-state index contributed by atoms with van der Waals surface area (Å²) in [6.07, 6.45) is 4.70. The second-order valence-electron chi connectivity index (χ2n) is 7.20. The second kappa shape index (κ2) is 6.74. The van der Waals surface area contributed by atoms with Crippen molar-refractivity contribution in [1.82, 2.24) is 9.88 Å². The number of piperazine rings is 1. The molecule has 4 aromatic rings. The Morgan fingerprint density at radius 2 is 1.89 bits per heavy atom. The Hall–Kier alpha value is -2.79. The van der Waals surface area contributed by atoms with Gasteiger partial charge in [0.15, 0.2) is 0 Å². The van der Waals surface area contributed by atoms with Crippen molar-refractivity contribution in [2.75, 3.05) is 37.6 Å². The lowest BCUT2D eigenvalue weighted by Gasteiger charge is -2.36. The summed E-state index contributed by atoms with van der Waals surface area (Å²) in [4.78, 5) is 8.26. The fourth-order valence-corrected chi connectivity index (χ4v) is 4.09. The lowest BCUT2D eigenvalue weighted by atomic mass is 10.1. The van der Waals surface area contributed by atoms with Crippen molar-refractivity contribution in [3.63, 3.8) is 0 Å². The van der Waals surface area contributed by atoms with Gasteiger partial charge in [0.1, 0.15) is 11.4 Å². The largest absolute Gasteiger partial charge is 0.464 e. The van der Waals surface area contributed by atoms with E-state index in [2.05, 4.69) is 39.0 Å². The molecule has 1 aliphatic rings. The van der Waals surface area contributed by atoms with Crippen LogP contribution < -0.4 is 4.90 Å². The molecule has 5 rings (SSSR count). The Labute approximate surface area is 157 Å². The van der Waals surface area contributed by atoms with Crippen molar-refractivity contribution >= 4 is 27.6 Å². The third kappa shape index (κ3) is 3.08. The topological polar surface area (TPSA) is 35.4 Å². The van der Waals surface area contributed by atoms with Gasteiger partial charge in [-0.25, -0.2) is 4.39 Å². The van der Waals surface area contributed by atoms with Crippen LogP contribution in [0.15, 0.2) is 59.3 Å². The molecule has 0 unspecified atom stereocenters. The lowest BCUT2D eigenvalue weighted by molar-refractivity contribution is 0.261. The Morgan fingerprint density at radius 3 is 2.78 bits per heavy atom. The van der Waals surface area contributed by atoms with Crippen LogP contribution in [-0.2, 0) is 6.42 Å². The highest BCUT2D eigenvalue weighted by Crippen LogP contribution is 2.27. The molecule has 27 heavy (non-hydrogen) atoms. The number of hydrogen-bond acceptors (Lipinski definition) is 3. The molecule has 2 aromatic heterocycles. The van der Waals surface area contributed by atoms with Gasteiger partial charge in [-0.1, -0.05) is 6.07 Å². The molecule has 0 bridgehead atoms. The van der Waals surface area contributed by atoms with E-state index in [0.717, 1.165) is 50.1 Å². The highest BCUT2D eigenvalue weighted by atomic mass is 19.1. The second-order valence-corrected chi connectivity index (χ2v) is 7.20. The van der Waals surface area contributed by atoms with Crippen LogP contribution >= 0.6 is 0 Å². The molecular weight excluding hydrogens is 341 g/mol. The van der Waals surface area contributed by atoms with Crippen LogP contribution in [0.2, 0.25) is 0 Å². The summed E-state index contributed by atoms with van der Waals surface area (Å²) in [7, 11) is 0. The van der Waals surface area contributed by atoms with Crippen molar-refractivity contribution < 1.29 is 8.81 Å². The number of H-pyrrole nitrogens is 1. The van der Waals surface area contributed by atoms with Crippen LogP contribution in [0, 0.1) is 5.82 Å². The van der Waals surface area contributed by atoms with Crippen molar-refractivity contribution in [2.45, 2.75) is 6.42 Å². The van der Waals surface area contributed by atoms with E-state index in [0.29, 0.717) is 5.58 Å². The van der Waals surface area contributed by atoms with Crippen LogP contribution in [0.5, 0.6) is 0 Å². The van der Waals surface area contributed by atoms with Crippen LogP contribution in [0.1, 0.15) is 5.56 Å². The predicted octanol–water partition coefficient (Wildman–Crippen LogP) is 4.42. The standard InChI is InChI=1S/C22H22FN3O/c23-17-4-5-18-16(15-27-22(18)14-17)7-9-25-10-12-26(13-11-25)21-3-1-2-20-19(21)6-8-24-20/h1-6,8,14-15,24H,7,9-13H2. The first-order valence-corrected chi connectivity index (χ1v) is 9.47. The van der Waals surface area contributed by atoms with E-state index in [1.807, 2.05) is 12.3 Å². The van der Waals surface area contributed by atoms with E-state index in [1.165, 1.54) is 28.7 Å². The fraction of sp³-hybridized carbons (Fsp3) is 0.273. The van der Waals surface area contributed by atoms with Crippen molar-refractivity contribution in [1.29, 1.82) is 0 Å². The number of nitrogens with one attached hydrogen (secondary N) is 1. The van der Waals surface area contributed by atoms with Crippen molar-refractivity contribution in [3.8, 4) is 0 Å². The van der Waals surface area contributed by atoms with Crippen LogP contribution in [0.4, 0.5) is 10.1 Å². The minimum Gasteiger partial charge on any atom is -0.464 e. The quantitative estimate of drug-likeness (QED) is 0.583. The first-order chi connectivity index (χ1) is 13.3. The normalized spacial score (nSPS) is 15.8. The smallest absolute Gasteiger partial charge is 0.137 e. The van der Waals surface area contributed by atoms with Gasteiger partial charge in [-0.05, 0) is 42.3 Å². The summed E-state index contributed by atoms with van der Waals surface area (Å²) < 4.78 is 18.8. The number of nitrogens with zero attached hydrogens (tertiary/aromatic N) is 2. The van der Waals surface area contributed by atoms with Gasteiger partial charge in [0.2, 0.25) is 0 Å². The summed E-state index contributed by atoms with van der Waals surface area (Å²) in [5, 5.41) is 2.32. The number of anilines is 1. The van der Waals surface area contributed by atoms with E-state index >= 15 is 0 Å². The predicted molar refractivity (Wildman–Crippen MR) is 107 cm³/mol. The van der Waals surface area contributed by atoms with Gasteiger partial charge in [0.25, 0.3) is 0 Å². The molecule has 138 valence electrons. The van der Waals surface area contributed by atoms with E-state index in [4.69, 9.17) is 4.42 Å². The third-order valence-corrected chi connectivity index (χ3v) is 5.60. The number of rotatable bonds is 4. The molecular formula is C22H22FN3O. The molecule has 0 aliphatic carbocycles. The van der Waals surface area contributed by atoms with Crippen molar-refractivity contribution in [2.24, 2.45) is 0 Å². The number of halogens is 1. The minimum atomic E-state index is -0.253. The zero-order chi connectivity index (χ0) is 18.2. The Kier molecular flexibility index (Phi) is 4.09. The first-order valence-electron chi connectivity index (χ1n) is 9.47. The van der Waals surface area contributed by atoms with Gasteiger partial charge in [-0.2, -0.15) is 0 Å². The monoisotopic (exact) mass is 363 g/mol. The summed E-state index contributed by atoms with van der Waals surface area (Å²) in [5.74, 6) is -0.253. The molecule has 3 heterocycles. The van der Waals surface area contributed by atoms with Gasteiger partial charge < -0.3 is 14.3 Å². The van der Waals surface area contributed by atoms with E-state index < -0.39 is 0 Å². The molecule has 0 radical (unpaired) electrons. The van der Waals surface area contributed by atoms with Crippen LogP contribution in [0.25, 0.3) is 21.9 Å². The van der Waals surface area contributed by atoms with Crippen LogP contribution in [-0.4, -0.2) is 42.6 Å². The molecule has 4 nitrogen and oxygen atoms in total. The van der Waals surface area contributed by atoms with E-state index in [9.17, 15) is 4.39 Å². The SMILES string of the molecule is Fc1ccc2c(CCN3CCN(c4cccc5[nH]ccc45)CC3)coc2c1. The Bertz CT molecular complexity index is 1080. The van der Waals surface area contributed by atoms with Gasteiger partial charge in [-0.15, -0.1) is 0 Å². The zero-order valence-corrected chi connectivity index (χ0v) is 15.1. The number of fused-ring (bicyclic) bond motifs is 2. The summed E-state index contributed by atoms with van der Waals surface area (Å²) in [5.41, 5.74) is 4.30. The molecule has 0 saturated carbocycles. The molecule has 0 atom stereocenters. The van der Waals surface area contributed by atoms with Crippen LogP contribution in [0.3, 0.4) is 0 Å². The molecule has 0 amide bonds. The molecule has 5 heteroatoms. The van der Waals surface area contributed by atoms with Gasteiger partial charge >= 0.3 is 0 Å². The summed E-state index contributed by atoms with van der Waals surface area (Å²) in [6.45, 7) is 5.15. The Morgan fingerprint density at radius 1 is 1.00 bits per heavy atom.